The quantitative estimate of drug-likeness (QED) is 0.794. The predicted octanol–water partition coefficient (Wildman–Crippen LogP) is 1.10. The number of hydrogen-bond acceptors (Lipinski definition) is 3. The maximum atomic E-state index is 11.4. The van der Waals surface area contributed by atoms with Gasteiger partial charge < -0.3 is 15.2 Å². The third-order valence-corrected chi connectivity index (χ3v) is 2.42. The molecule has 0 saturated heterocycles. The second kappa shape index (κ2) is 6.76. The number of carbonyl (C=O) groups is 2. The third-order valence-electron chi connectivity index (χ3n) is 2.42. The highest BCUT2D eigenvalue weighted by Crippen LogP contribution is 2.02. The van der Waals surface area contributed by atoms with Crippen molar-refractivity contribution in [2.45, 2.75) is 26.5 Å². The Morgan fingerprint density at radius 3 is 2.50 bits per heavy atom. The lowest BCUT2D eigenvalue weighted by Gasteiger charge is -2.09. The monoisotopic (exact) mass is 251 g/mol. The molecular weight excluding hydrogens is 234 g/mol. The molecule has 0 heterocycles. The van der Waals surface area contributed by atoms with Crippen molar-refractivity contribution in [3.8, 4) is 0 Å². The van der Waals surface area contributed by atoms with Crippen molar-refractivity contribution in [1.82, 2.24) is 5.32 Å². The van der Waals surface area contributed by atoms with Crippen LogP contribution in [0.4, 0.5) is 0 Å². The number of nitrogens with one attached hydrogen (secondary N) is 1. The fourth-order valence-corrected chi connectivity index (χ4v) is 1.23. The summed E-state index contributed by atoms with van der Waals surface area (Å²) in [4.78, 5) is 21.8. The Kier molecular flexibility index (Phi) is 5.32. The lowest BCUT2D eigenvalue weighted by Crippen LogP contribution is -2.31. The minimum Gasteiger partial charge on any atom is -0.479 e. The normalized spacial score (nSPS) is 11.9. The van der Waals surface area contributed by atoms with Gasteiger partial charge in [0.25, 0.3) is 0 Å². The number of carboxylic acid groups (broad SMARTS) is 1. The molecule has 0 aliphatic carbocycles. The molecule has 0 aromatic heterocycles. The zero-order valence-corrected chi connectivity index (χ0v) is 10.5. The van der Waals surface area contributed by atoms with E-state index < -0.39 is 12.1 Å². The van der Waals surface area contributed by atoms with Gasteiger partial charge in [0, 0.05) is 6.54 Å². The molecule has 98 valence electrons. The molecule has 0 fully saturated rings. The van der Waals surface area contributed by atoms with E-state index in [1.807, 2.05) is 31.2 Å². The van der Waals surface area contributed by atoms with Gasteiger partial charge in [0.05, 0.1) is 0 Å². The number of hydrogen-bond donors (Lipinski definition) is 2. The molecule has 1 amide bonds. The SMILES string of the molecule is Cc1ccc(CNC(=O)COC(C)C(=O)O)cc1. The summed E-state index contributed by atoms with van der Waals surface area (Å²) in [6, 6.07) is 7.78. The molecule has 1 rings (SSSR count). The largest absolute Gasteiger partial charge is 0.479 e. The van der Waals surface area contributed by atoms with Crippen molar-refractivity contribution in [2.75, 3.05) is 6.61 Å². The molecule has 5 nitrogen and oxygen atoms in total. The van der Waals surface area contributed by atoms with Crippen LogP contribution in [0, 0.1) is 6.92 Å². The molecule has 2 N–H and O–H groups in total. The van der Waals surface area contributed by atoms with E-state index in [1.54, 1.807) is 0 Å². The molecule has 0 saturated carbocycles. The molecule has 0 radical (unpaired) electrons. The summed E-state index contributed by atoms with van der Waals surface area (Å²) in [6.45, 7) is 3.53. The van der Waals surface area contributed by atoms with Crippen molar-refractivity contribution >= 4 is 11.9 Å². The van der Waals surface area contributed by atoms with E-state index >= 15 is 0 Å². The fourth-order valence-electron chi connectivity index (χ4n) is 1.23. The van der Waals surface area contributed by atoms with E-state index in [4.69, 9.17) is 9.84 Å². The molecular formula is C13H17NO4. The summed E-state index contributed by atoms with van der Waals surface area (Å²) in [5.74, 6) is -1.41. The van der Waals surface area contributed by atoms with Gasteiger partial charge in [-0.15, -0.1) is 0 Å². The van der Waals surface area contributed by atoms with Crippen LogP contribution in [-0.4, -0.2) is 29.7 Å². The van der Waals surface area contributed by atoms with Crippen molar-refractivity contribution < 1.29 is 19.4 Å². The van der Waals surface area contributed by atoms with E-state index in [-0.39, 0.29) is 12.5 Å². The number of benzene rings is 1. The molecule has 1 aromatic carbocycles. The number of aliphatic carboxylic acids is 1. The maximum absolute atomic E-state index is 11.4. The van der Waals surface area contributed by atoms with Crippen molar-refractivity contribution in [1.29, 1.82) is 0 Å². The summed E-state index contributed by atoms with van der Waals surface area (Å²) >= 11 is 0. The number of carboxylic acids is 1. The molecule has 18 heavy (non-hydrogen) atoms. The second-order valence-corrected chi connectivity index (χ2v) is 4.05. The van der Waals surface area contributed by atoms with Crippen LogP contribution in [-0.2, 0) is 20.9 Å². The van der Waals surface area contributed by atoms with Crippen molar-refractivity contribution in [3.63, 3.8) is 0 Å². The van der Waals surface area contributed by atoms with Crippen LogP contribution in [0.1, 0.15) is 18.1 Å². The Labute approximate surface area is 106 Å². The molecule has 0 spiro atoms. The van der Waals surface area contributed by atoms with E-state index in [1.165, 1.54) is 6.92 Å². The average molecular weight is 251 g/mol. The predicted molar refractivity (Wildman–Crippen MR) is 66.1 cm³/mol. The minimum absolute atomic E-state index is 0.251. The topological polar surface area (TPSA) is 75.6 Å². The Morgan fingerprint density at radius 1 is 1.33 bits per heavy atom. The van der Waals surface area contributed by atoms with Gasteiger partial charge in [-0.05, 0) is 19.4 Å². The molecule has 1 atom stereocenters. The zero-order chi connectivity index (χ0) is 13.5. The first-order valence-electron chi connectivity index (χ1n) is 5.65. The first-order valence-corrected chi connectivity index (χ1v) is 5.65. The maximum Gasteiger partial charge on any atom is 0.332 e. The van der Waals surface area contributed by atoms with Crippen LogP contribution in [0.5, 0.6) is 0 Å². The summed E-state index contributed by atoms with van der Waals surface area (Å²) in [5, 5.41) is 11.2. The highest BCUT2D eigenvalue weighted by Gasteiger charge is 2.12. The molecule has 1 unspecified atom stereocenters. The first-order chi connectivity index (χ1) is 8.49. The Balaban J connectivity index is 2.29. The average Bonchev–Trinajstić information content (AvgIpc) is 2.35. The first kappa shape index (κ1) is 14.2. The third kappa shape index (κ3) is 4.97. The Hall–Kier alpha value is -1.88. The van der Waals surface area contributed by atoms with Gasteiger partial charge in [0.1, 0.15) is 6.61 Å². The van der Waals surface area contributed by atoms with Crippen LogP contribution in [0.25, 0.3) is 0 Å². The number of amides is 1. The Bertz CT molecular complexity index is 414. The molecule has 1 aromatic rings. The van der Waals surface area contributed by atoms with Crippen molar-refractivity contribution in [3.05, 3.63) is 35.4 Å². The highest BCUT2D eigenvalue weighted by atomic mass is 16.5. The van der Waals surface area contributed by atoms with Crippen LogP contribution in [0.15, 0.2) is 24.3 Å². The summed E-state index contributed by atoms with van der Waals surface area (Å²) in [6.07, 6.45) is -0.977. The minimum atomic E-state index is -1.08. The standard InChI is InChI=1S/C13H17NO4/c1-9-3-5-11(6-4-9)7-14-12(15)8-18-10(2)13(16)17/h3-6,10H,7-8H2,1-2H3,(H,14,15)(H,16,17). The van der Waals surface area contributed by atoms with Crippen LogP contribution in [0.2, 0.25) is 0 Å². The van der Waals surface area contributed by atoms with Crippen LogP contribution >= 0.6 is 0 Å². The van der Waals surface area contributed by atoms with Gasteiger partial charge >= 0.3 is 5.97 Å². The smallest absolute Gasteiger partial charge is 0.332 e. The van der Waals surface area contributed by atoms with E-state index in [0.717, 1.165) is 11.1 Å². The second-order valence-electron chi connectivity index (χ2n) is 4.05. The summed E-state index contributed by atoms with van der Waals surface area (Å²) in [5.41, 5.74) is 2.14. The van der Waals surface area contributed by atoms with Crippen molar-refractivity contribution in [2.24, 2.45) is 0 Å². The van der Waals surface area contributed by atoms with Gasteiger partial charge in [0.2, 0.25) is 5.91 Å². The van der Waals surface area contributed by atoms with Gasteiger partial charge in [-0.2, -0.15) is 0 Å². The van der Waals surface area contributed by atoms with E-state index in [0.29, 0.717) is 6.54 Å². The van der Waals surface area contributed by atoms with Gasteiger partial charge in [-0.25, -0.2) is 4.79 Å². The summed E-state index contributed by atoms with van der Waals surface area (Å²) in [7, 11) is 0. The lowest BCUT2D eigenvalue weighted by atomic mass is 10.1. The fraction of sp³-hybridized carbons (Fsp3) is 0.385. The van der Waals surface area contributed by atoms with E-state index in [2.05, 4.69) is 5.32 Å². The molecule has 5 heteroatoms. The molecule has 0 aliphatic heterocycles. The van der Waals surface area contributed by atoms with Crippen LogP contribution in [0.3, 0.4) is 0 Å². The number of aryl methyl sites for hydroxylation is 1. The Morgan fingerprint density at radius 2 is 1.94 bits per heavy atom. The lowest BCUT2D eigenvalue weighted by molar-refractivity contribution is -0.150. The van der Waals surface area contributed by atoms with Gasteiger partial charge in [0.15, 0.2) is 6.10 Å². The number of carbonyl (C=O) groups excluding carboxylic acids is 1. The van der Waals surface area contributed by atoms with Crippen LogP contribution < -0.4 is 5.32 Å². The summed E-state index contributed by atoms with van der Waals surface area (Å²) < 4.78 is 4.86. The molecule has 0 bridgehead atoms. The molecule has 0 aliphatic rings. The highest BCUT2D eigenvalue weighted by molar-refractivity contribution is 5.78. The number of rotatable bonds is 6. The number of ether oxygens (including phenoxy) is 1. The van der Waals surface area contributed by atoms with E-state index in [9.17, 15) is 9.59 Å². The van der Waals surface area contributed by atoms with Gasteiger partial charge in [-0.3, -0.25) is 4.79 Å². The zero-order valence-electron chi connectivity index (χ0n) is 10.5. The van der Waals surface area contributed by atoms with Gasteiger partial charge in [-0.1, -0.05) is 29.8 Å².